The van der Waals surface area contributed by atoms with Gasteiger partial charge in [0.25, 0.3) is 5.91 Å². The van der Waals surface area contributed by atoms with Crippen molar-refractivity contribution in [2.24, 2.45) is 0 Å². The number of benzene rings is 2. The van der Waals surface area contributed by atoms with Gasteiger partial charge in [0, 0.05) is 24.9 Å². The summed E-state index contributed by atoms with van der Waals surface area (Å²) in [6.07, 6.45) is 3.06. The van der Waals surface area contributed by atoms with E-state index in [9.17, 15) is 14.4 Å². The Hall–Kier alpha value is -4.01. The number of ether oxygens (including phenoxy) is 3. The van der Waals surface area contributed by atoms with Crippen molar-refractivity contribution >= 4 is 35.2 Å². The van der Waals surface area contributed by atoms with Gasteiger partial charge in [0.05, 0.1) is 19.4 Å². The first-order chi connectivity index (χ1) is 16.9. The average molecular weight is 482 g/mol. The summed E-state index contributed by atoms with van der Waals surface area (Å²) < 4.78 is 16.4. The second kappa shape index (κ2) is 11.9. The number of nitrogens with one attached hydrogen (secondary N) is 1. The van der Waals surface area contributed by atoms with E-state index in [1.54, 1.807) is 48.4 Å². The normalized spacial score (nSPS) is 12.7. The fraction of sp³-hybridized carbons (Fsp3) is 0.346. The van der Waals surface area contributed by atoms with Crippen LogP contribution in [0.4, 0.5) is 11.4 Å². The highest BCUT2D eigenvalue weighted by Crippen LogP contribution is 2.34. The molecule has 0 unspecified atom stereocenters. The summed E-state index contributed by atoms with van der Waals surface area (Å²) in [6, 6.07) is 10.4. The molecule has 0 bridgehead atoms. The summed E-state index contributed by atoms with van der Waals surface area (Å²) in [6.45, 7) is 7.08. The topological polar surface area (TPSA) is 97.4 Å². The molecule has 9 heteroatoms. The third kappa shape index (κ3) is 6.32. The summed E-state index contributed by atoms with van der Waals surface area (Å²) in [7, 11) is 1.56. The molecule has 0 radical (unpaired) electrons. The zero-order chi connectivity index (χ0) is 25.4. The highest BCUT2D eigenvalue weighted by atomic mass is 16.5. The molecule has 1 aliphatic rings. The fourth-order valence-corrected chi connectivity index (χ4v) is 3.68. The molecule has 0 saturated heterocycles. The van der Waals surface area contributed by atoms with Gasteiger partial charge < -0.3 is 24.4 Å². The predicted molar refractivity (Wildman–Crippen MR) is 134 cm³/mol. The summed E-state index contributed by atoms with van der Waals surface area (Å²) in [4.78, 5) is 40.7. The maximum atomic E-state index is 12.6. The molecule has 1 heterocycles. The molecule has 3 amide bonds. The van der Waals surface area contributed by atoms with Crippen molar-refractivity contribution < 1.29 is 28.6 Å². The SMILES string of the molecule is CCOc1ccc(/C=C/C(=O)Nc2ccc3c(c2)N(CC(=O)N(CC)CC)C(=O)CO3)cc1OC. The minimum Gasteiger partial charge on any atom is -0.493 e. The largest absolute Gasteiger partial charge is 0.493 e. The number of rotatable bonds is 10. The number of amides is 3. The monoisotopic (exact) mass is 481 g/mol. The lowest BCUT2D eigenvalue weighted by molar-refractivity contribution is -0.131. The maximum Gasteiger partial charge on any atom is 0.265 e. The zero-order valence-electron chi connectivity index (χ0n) is 20.5. The molecule has 1 N–H and O–H groups in total. The molecule has 1 aliphatic heterocycles. The van der Waals surface area contributed by atoms with E-state index in [1.807, 2.05) is 26.8 Å². The van der Waals surface area contributed by atoms with Crippen LogP contribution >= 0.6 is 0 Å². The molecular weight excluding hydrogens is 450 g/mol. The van der Waals surface area contributed by atoms with Crippen LogP contribution in [-0.2, 0) is 14.4 Å². The Bertz CT molecular complexity index is 1110. The molecule has 2 aromatic carbocycles. The first-order valence-corrected chi connectivity index (χ1v) is 11.5. The Morgan fingerprint density at radius 2 is 1.89 bits per heavy atom. The van der Waals surface area contributed by atoms with Crippen LogP contribution < -0.4 is 24.4 Å². The lowest BCUT2D eigenvalue weighted by Gasteiger charge is -2.31. The third-order valence-electron chi connectivity index (χ3n) is 5.49. The zero-order valence-corrected chi connectivity index (χ0v) is 20.5. The minimum atomic E-state index is -0.355. The van der Waals surface area contributed by atoms with Crippen molar-refractivity contribution in [3.63, 3.8) is 0 Å². The summed E-state index contributed by atoms with van der Waals surface area (Å²) in [5, 5.41) is 2.79. The Morgan fingerprint density at radius 3 is 2.57 bits per heavy atom. The molecular formula is C26H31N3O6. The minimum absolute atomic E-state index is 0.0895. The quantitative estimate of drug-likeness (QED) is 0.523. The predicted octanol–water partition coefficient (Wildman–Crippen LogP) is 3.34. The molecule has 0 spiro atoms. The van der Waals surface area contributed by atoms with Crippen molar-refractivity contribution in [2.45, 2.75) is 20.8 Å². The maximum absolute atomic E-state index is 12.6. The number of hydrogen-bond acceptors (Lipinski definition) is 6. The average Bonchev–Trinajstić information content (AvgIpc) is 2.86. The number of hydrogen-bond donors (Lipinski definition) is 1. The Kier molecular flexibility index (Phi) is 8.72. The van der Waals surface area contributed by atoms with Crippen molar-refractivity contribution in [1.29, 1.82) is 0 Å². The number of carbonyl (C=O) groups excluding carboxylic acids is 3. The van der Waals surface area contributed by atoms with Crippen molar-refractivity contribution in [3.05, 3.63) is 48.0 Å². The van der Waals surface area contributed by atoms with Gasteiger partial charge in [0.1, 0.15) is 12.3 Å². The van der Waals surface area contributed by atoms with Gasteiger partial charge in [0.15, 0.2) is 18.1 Å². The van der Waals surface area contributed by atoms with E-state index < -0.39 is 0 Å². The number of fused-ring (bicyclic) bond motifs is 1. The van der Waals surface area contributed by atoms with Gasteiger partial charge in [-0.25, -0.2) is 0 Å². The number of likely N-dealkylation sites (N-methyl/N-ethyl adjacent to an activating group) is 1. The van der Waals surface area contributed by atoms with Crippen LogP contribution in [0.1, 0.15) is 26.3 Å². The summed E-state index contributed by atoms with van der Waals surface area (Å²) in [5.74, 6) is 0.864. The van der Waals surface area contributed by atoms with Gasteiger partial charge in [-0.1, -0.05) is 6.07 Å². The van der Waals surface area contributed by atoms with Crippen LogP contribution in [0.2, 0.25) is 0 Å². The molecule has 0 atom stereocenters. The highest BCUT2D eigenvalue weighted by molar-refractivity contribution is 6.05. The Labute approximate surface area is 205 Å². The molecule has 186 valence electrons. The standard InChI is InChI=1S/C26H31N3O6/c1-5-28(6-2)25(31)16-29-20-15-19(10-12-21(20)35-17-26(29)32)27-24(30)13-9-18-8-11-22(34-7-3)23(14-18)33-4/h8-15H,5-7,16-17H2,1-4H3,(H,27,30)/b13-9+. The van der Waals surface area contributed by atoms with Crippen molar-refractivity contribution in [2.75, 3.05) is 50.2 Å². The van der Waals surface area contributed by atoms with E-state index >= 15 is 0 Å². The molecule has 0 fully saturated rings. The lowest BCUT2D eigenvalue weighted by atomic mass is 10.1. The van der Waals surface area contributed by atoms with Crippen LogP contribution in [0.3, 0.4) is 0 Å². The van der Waals surface area contributed by atoms with Crippen LogP contribution in [0, 0.1) is 0 Å². The molecule has 0 saturated carbocycles. The number of anilines is 2. The van der Waals surface area contributed by atoms with Crippen LogP contribution in [0.25, 0.3) is 6.08 Å². The van der Waals surface area contributed by atoms with E-state index in [2.05, 4.69) is 5.32 Å². The summed E-state index contributed by atoms with van der Waals surface area (Å²) >= 11 is 0. The lowest BCUT2D eigenvalue weighted by Crippen LogP contribution is -2.46. The van der Waals surface area contributed by atoms with Crippen LogP contribution in [-0.4, -0.2) is 62.6 Å². The van der Waals surface area contributed by atoms with Crippen LogP contribution in [0.15, 0.2) is 42.5 Å². The molecule has 2 aromatic rings. The highest BCUT2D eigenvalue weighted by Gasteiger charge is 2.29. The molecule has 9 nitrogen and oxygen atoms in total. The van der Waals surface area contributed by atoms with E-state index in [4.69, 9.17) is 14.2 Å². The van der Waals surface area contributed by atoms with E-state index in [-0.39, 0.29) is 30.9 Å². The second-order valence-corrected chi connectivity index (χ2v) is 7.68. The third-order valence-corrected chi connectivity index (χ3v) is 5.49. The van der Waals surface area contributed by atoms with Gasteiger partial charge in [-0.3, -0.25) is 19.3 Å². The van der Waals surface area contributed by atoms with Crippen LogP contribution in [0.5, 0.6) is 17.2 Å². The second-order valence-electron chi connectivity index (χ2n) is 7.68. The summed E-state index contributed by atoms with van der Waals surface area (Å²) in [5.41, 5.74) is 1.69. The molecule has 0 aliphatic carbocycles. The smallest absolute Gasteiger partial charge is 0.265 e. The first kappa shape index (κ1) is 25.6. The van der Waals surface area contributed by atoms with E-state index in [0.717, 1.165) is 5.56 Å². The molecule has 0 aromatic heterocycles. The number of methoxy groups -OCH3 is 1. The number of carbonyl (C=O) groups is 3. The van der Waals surface area contributed by atoms with E-state index in [1.165, 1.54) is 11.0 Å². The van der Waals surface area contributed by atoms with E-state index in [0.29, 0.717) is 48.3 Å². The van der Waals surface area contributed by atoms with Crippen molar-refractivity contribution in [1.82, 2.24) is 4.90 Å². The molecule has 35 heavy (non-hydrogen) atoms. The van der Waals surface area contributed by atoms with Gasteiger partial charge in [-0.2, -0.15) is 0 Å². The Balaban J connectivity index is 1.74. The van der Waals surface area contributed by atoms with Gasteiger partial charge in [-0.15, -0.1) is 0 Å². The van der Waals surface area contributed by atoms with Gasteiger partial charge in [-0.05, 0) is 62.7 Å². The molecule has 3 rings (SSSR count). The first-order valence-electron chi connectivity index (χ1n) is 11.5. The van der Waals surface area contributed by atoms with Gasteiger partial charge in [0.2, 0.25) is 11.8 Å². The Morgan fingerprint density at radius 1 is 1.11 bits per heavy atom. The fourth-order valence-electron chi connectivity index (χ4n) is 3.68. The van der Waals surface area contributed by atoms with Gasteiger partial charge >= 0.3 is 0 Å². The van der Waals surface area contributed by atoms with Crippen molar-refractivity contribution in [3.8, 4) is 17.2 Å². The number of nitrogens with zero attached hydrogens (tertiary/aromatic N) is 2.